The molecule has 0 heterocycles. The van der Waals surface area contributed by atoms with Crippen LogP contribution in [-0.2, 0) is 0 Å². The monoisotopic (exact) mass is 312 g/mol. The van der Waals surface area contributed by atoms with Crippen LogP contribution in [0.2, 0.25) is 0 Å². The Kier molecular flexibility index (Phi) is 6.21. The van der Waals surface area contributed by atoms with E-state index in [-0.39, 0.29) is 5.97 Å². The second kappa shape index (κ2) is 8.37. The highest BCUT2D eigenvalue weighted by Crippen LogP contribution is 2.20. The zero-order valence-electron chi connectivity index (χ0n) is 14.0. The molecular weight excluding hydrogens is 288 g/mol. The van der Waals surface area contributed by atoms with Crippen molar-refractivity contribution >= 4 is 5.97 Å². The van der Waals surface area contributed by atoms with Crippen LogP contribution in [0.5, 0.6) is 11.5 Å². The molecule has 0 aliphatic heterocycles. The van der Waals surface area contributed by atoms with Crippen molar-refractivity contribution in [1.29, 1.82) is 0 Å². The van der Waals surface area contributed by atoms with Crippen LogP contribution < -0.4 is 9.47 Å². The number of rotatable bonds is 7. The van der Waals surface area contributed by atoms with Gasteiger partial charge in [0.15, 0.2) is 0 Å². The maximum absolute atomic E-state index is 12.1. The van der Waals surface area contributed by atoms with Gasteiger partial charge in [-0.15, -0.1) is 0 Å². The van der Waals surface area contributed by atoms with Crippen LogP contribution >= 0.6 is 0 Å². The summed E-state index contributed by atoms with van der Waals surface area (Å²) in [6, 6.07) is 14.7. The highest BCUT2D eigenvalue weighted by Gasteiger charge is 2.09. The summed E-state index contributed by atoms with van der Waals surface area (Å²) >= 11 is 0. The molecule has 0 amide bonds. The topological polar surface area (TPSA) is 35.5 Å². The lowest BCUT2D eigenvalue weighted by molar-refractivity contribution is 0.0734. The number of ether oxygens (including phenoxy) is 2. The van der Waals surface area contributed by atoms with Gasteiger partial charge in [0.05, 0.1) is 12.2 Å². The fraction of sp³-hybridized carbons (Fsp3) is 0.350. The van der Waals surface area contributed by atoms with Gasteiger partial charge >= 0.3 is 5.97 Å². The first kappa shape index (κ1) is 17.1. The number of carbonyl (C=O) groups excluding carboxylic acids is 1. The van der Waals surface area contributed by atoms with Crippen molar-refractivity contribution in [2.24, 2.45) is 0 Å². The average Bonchev–Trinajstić information content (AvgIpc) is 2.56. The summed E-state index contributed by atoms with van der Waals surface area (Å²) in [7, 11) is 0. The molecule has 0 saturated heterocycles. The maximum Gasteiger partial charge on any atom is 0.343 e. The summed E-state index contributed by atoms with van der Waals surface area (Å²) in [4.78, 5) is 12.1. The first-order valence-corrected chi connectivity index (χ1v) is 8.15. The van der Waals surface area contributed by atoms with E-state index in [1.54, 1.807) is 24.3 Å². The Morgan fingerprint density at radius 3 is 2.13 bits per heavy atom. The molecule has 0 fully saturated rings. The van der Waals surface area contributed by atoms with E-state index in [4.69, 9.17) is 9.47 Å². The van der Waals surface area contributed by atoms with Gasteiger partial charge in [-0.25, -0.2) is 4.79 Å². The molecule has 0 aromatic heterocycles. The maximum atomic E-state index is 12.1. The molecular formula is C20H24O3. The Morgan fingerprint density at radius 2 is 1.57 bits per heavy atom. The van der Waals surface area contributed by atoms with Crippen LogP contribution in [0.3, 0.4) is 0 Å². The molecule has 2 rings (SSSR count). The Hall–Kier alpha value is -2.29. The lowest BCUT2D eigenvalue weighted by atomic mass is 10.0. The number of carbonyl (C=O) groups is 1. The van der Waals surface area contributed by atoms with Gasteiger partial charge in [0.25, 0.3) is 0 Å². The van der Waals surface area contributed by atoms with E-state index < -0.39 is 0 Å². The second-order valence-electron chi connectivity index (χ2n) is 5.84. The summed E-state index contributed by atoms with van der Waals surface area (Å²) in [5, 5.41) is 0. The van der Waals surface area contributed by atoms with Crippen molar-refractivity contribution in [1.82, 2.24) is 0 Å². The standard InChI is InChI=1S/C20H24O3/c1-4-5-14-22-18-10-12-19(13-11-18)23-20(21)17-8-6-16(7-9-17)15(2)3/h6-13,15H,4-5,14H2,1-3H3. The third-order valence-electron chi connectivity index (χ3n) is 3.61. The fourth-order valence-electron chi connectivity index (χ4n) is 2.11. The van der Waals surface area contributed by atoms with Gasteiger partial charge in [0, 0.05) is 0 Å². The fourth-order valence-corrected chi connectivity index (χ4v) is 2.11. The van der Waals surface area contributed by atoms with Crippen molar-refractivity contribution < 1.29 is 14.3 Å². The summed E-state index contributed by atoms with van der Waals surface area (Å²) in [6.45, 7) is 7.08. The highest BCUT2D eigenvalue weighted by atomic mass is 16.5. The van der Waals surface area contributed by atoms with Crippen LogP contribution in [0.1, 0.15) is 55.5 Å². The van der Waals surface area contributed by atoms with Crippen molar-refractivity contribution in [3.63, 3.8) is 0 Å². The van der Waals surface area contributed by atoms with E-state index in [2.05, 4.69) is 20.8 Å². The van der Waals surface area contributed by atoms with Gasteiger partial charge in [0.1, 0.15) is 11.5 Å². The normalized spacial score (nSPS) is 10.6. The minimum absolute atomic E-state index is 0.347. The zero-order chi connectivity index (χ0) is 16.7. The molecule has 0 N–H and O–H groups in total. The van der Waals surface area contributed by atoms with Crippen molar-refractivity contribution in [3.8, 4) is 11.5 Å². The van der Waals surface area contributed by atoms with Crippen LogP contribution in [-0.4, -0.2) is 12.6 Å². The predicted octanol–water partition coefficient (Wildman–Crippen LogP) is 5.21. The van der Waals surface area contributed by atoms with Crippen LogP contribution in [0, 0.1) is 0 Å². The Labute approximate surface area is 138 Å². The molecule has 0 saturated carbocycles. The van der Waals surface area contributed by atoms with Gasteiger partial charge in [-0.3, -0.25) is 0 Å². The molecule has 0 atom stereocenters. The lowest BCUT2D eigenvalue weighted by Gasteiger charge is -2.08. The first-order valence-electron chi connectivity index (χ1n) is 8.15. The number of hydrogen-bond donors (Lipinski definition) is 0. The van der Waals surface area contributed by atoms with E-state index in [1.165, 1.54) is 5.56 Å². The molecule has 2 aromatic rings. The molecule has 122 valence electrons. The number of esters is 1. The zero-order valence-corrected chi connectivity index (χ0v) is 14.0. The van der Waals surface area contributed by atoms with Crippen molar-refractivity contribution in [2.75, 3.05) is 6.61 Å². The molecule has 0 spiro atoms. The van der Waals surface area contributed by atoms with Crippen LogP contribution in [0.4, 0.5) is 0 Å². The van der Waals surface area contributed by atoms with Gasteiger partial charge in [-0.2, -0.15) is 0 Å². The average molecular weight is 312 g/mol. The molecule has 23 heavy (non-hydrogen) atoms. The van der Waals surface area contributed by atoms with Gasteiger partial charge in [-0.1, -0.05) is 39.3 Å². The van der Waals surface area contributed by atoms with E-state index >= 15 is 0 Å². The lowest BCUT2D eigenvalue weighted by Crippen LogP contribution is -2.08. The summed E-state index contributed by atoms with van der Waals surface area (Å²) in [5.41, 5.74) is 1.76. The minimum Gasteiger partial charge on any atom is -0.494 e. The predicted molar refractivity (Wildman–Crippen MR) is 92.3 cm³/mol. The largest absolute Gasteiger partial charge is 0.494 e. The van der Waals surface area contributed by atoms with Gasteiger partial charge in [0.2, 0.25) is 0 Å². The number of unbranched alkanes of at least 4 members (excludes halogenated alkanes) is 1. The third-order valence-corrected chi connectivity index (χ3v) is 3.61. The third kappa shape index (κ3) is 5.13. The van der Waals surface area contributed by atoms with E-state index in [0.717, 1.165) is 18.6 Å². The highest BCUT2D eigenvalue weighted by molar-refractivity contribution is 5.91. The second-order valence-corrected chi connectivity index (χ2v) is 5.84. The van der Waals surface area contributed by atoms with E-state index in [1.807, 2.05) is 24.3 Å². The SMILES string of the molecule is CCCCOc1ccc(OC(=O)c2ccc(C(C)C)cc2)cc1. The van der Waals surface area contributed by atoms with Crippen LogP contribution in [0.15, 0.2) is 48.5 Å². The van der Waals surface area contributed by atoms with Crippen molar-refractivity contribution in [2.45, 2.75) is 39.5 Å². The molecule has 0 aliphatic rings. The van der Waals surface area contributed by atoms with E-state index in [0.29, 0.717) is 23.8 Å². The quantitative estimate of drug-likeness (QED) is 0.400. The smallest absolute Gasteiger partial charge is 0.343 e. The Balaban J connectivity index is 1.94. The molecule has 3 heteroatoms. The van der Waals surface area contributed by atoms with Crippen LogP contribution in [0.25, 0.3) is 0 Å². The molecule has 2 aromatic carbocycles. The number of benzene rings is 2. The summed E-state index contributed by atoms with van der Waals surface area (Å²) in [5.74, 6) is 1.41. The van der Waals surface area contributed by atoms with Gasteiger partial charge < -0.3 is 9.47 Å². The molecule has 3 nitrogen and oxygen atoms in total. The Morgan fingerprint density at radius 1 is 0.957 bits per heavy atom. The molecule has 0 bridgehead atoms. The Bertz CT molecular complexity index is 612. The molecule has 0 radical (unpaired) electrons. The summed E-state index contributed by atoms with van der Waals surface area (Å²) in [6.07, 6.45) is 2.13. The van der Waals surface area contributed by atoms with E-state index in [9.17, 15) is 4.79 Å². The van der Waals surface area contributed by atoms with Gasteiger partial charge in [-0.05, 0) is 54.3 Å². The minimum atomic E-state index is -0.347. The molecule has 0 unspecified atom stereocenters. The molecule has 0 aliphatic carbocycles. The first-order chi connectivity index (χ1) is 11.1. The number of hydrogen-bond acceptors (Lipinski definition) is 3. The van der Waals surface area contributed by atoms with Crippen molar-refractivity contribution in [3.05, 3.63) is 59.7 Å². The summed E-state index contributed by atoms with van der Waals surface area (Å²) < 4.78 is 11.0.